The van der Waals surface area contributed by atoms with Crippen molar-refractivity contribution >= 4 is 45.6 Å². The standard InChI is InChI=1S/C17H11Cl2F4N3/c1-9-4-11(20)7-12(5-9)26(8-17(21,22)23)15-13-3-2-10(18)6-14(13)24-16(19)25-15/h2-7H,8H2,1H3. The summed E-state index contributed by atoms with van der Waals surface area (Å²) in [7, 11) is 0. The van der Waals surface area contributed by atoms with E-state index >= 15 is 0 Å². The minimum Gasteiger partial charge on any atom is -0.316 e. The molecule has 0 unspecified atom stereocenters. The van der Waals surface area contributed by atoms with E-state index in [-0.39, 0.29) is 22.3 Å². The van der Waals surface area contributed by atoms with Crippen LogP contribution in [0.5, 0.6) is 0 Å². The lowest BCUT2D eigenvalue weighted by molar-refractivity contribution is -0.118. The fourth-order valence-corrected chi connectivity index (χ4v) is 2.94. The summed E-state index contributed by atoms with van der Waals surface area (Å²) in [5.41, 5.74) is 0.762. The summed E-state index contributed by atoms with van der Waals surface area (Å²) in [5, 5.41) is 0.419. The highest BCUT2D eigenvalue weighted by molar-refractivity contribution is 6.31. The number of hydrogen-bond acceptors (Lipinski definition) is 3. The second kappa shape index (κ2) is 6.89. The molecule has 26 heavy (non-hydrogen) atoms. The van der Waals surface area contributed by atoms with E-state index in [1.807, 2.05) is 0 Å². The van der Waals surface area contributed by atoms with Crippen LogP contribution in [-0.4, -0.2) is 22.7 Å². The van der Waals surface area contributed by atoms with Crippen molar-refractivity contribution in [1.82, 2.24) is 9.97 Å². The zero-order valence-electron chi connectivity index (χ0n) is 13.3. The Morgan fingerprint density at radius 3 is 2.42 bits per heavy atom. The van der Waals surface area contributed by atoms with Gasteiger partial charge in [-0.25, -0.2) is 9.37 Å². The van der Waals surface area contributed by atoms with E-state index in [2.05, 4.69) is 9.97 Å². The first-order valence-corrected chi connectivity index (χ1v) is 8.12. The summed E-state index contributed by atoms with van der Waals surface area (Å²) >= 11 is 11.8. The highest BCUT2D eigenvalue weighted by atomic mass is 35.5. The summed E-state index contributed by atoms with van der Waals surface area (Å²) in [6, 6.07) is 8.14. The van der Waals surface area contributed by atoms with Gasteiger partial charge >= 0.3 is 6.18 Å². The number of nitrogens with zero attached hydrogens (tertiary/aromatic N) is 3. The van der Waals surface area contributed by atoms with Crippen LogP contribution in [0.3, 0.4) is 0 Å². The first kappa shape index (κ1) is 18.7. The minimum absolute atomic E-state index is 0.00541. The molecule has 0 aliphatic carbocycles. The van der Waals surface area contributed by atoms with Crippen molar-refractivity contribution in [2.24, 2.45) is 0 Å². The average molecular weight is 404 g/mol. The molecule has 1 heterocycles. The third-order valence-corrected chi connectivity index (χ3v) is 3.95. The van der Waals surface area contributed by atoms with Gasteiger partial charge in [0.25, 0.3) is 0 Å². The van der Waals surface area contributed by atoms with Gasteiger partial charge in [-0.2, -0.15) is 18.2 Å². The molecule has 0 saturated carbocycles. The van der Waals surface area contributed by atoms with Crippen LogP contribution in [-0.2, 0) is 0 Å². The first-order chi connectivity index (χ1) is 12.1. The Morgan fingerprint density at radius 1 is 1.04 bits per heavy atom. The Labute approximate surface area is 156 Å². The Balaban J connectivity index is 2.26. The fourth-order valence-electron chi connectivity index (χ4n) is 2.60. The van der Waals surface area contributed by atoms with Crippen molar-refractivity contribution < 1.29 is 17.6 Å². The van der Waals surface area contributed by atoms with Gasteiger partial charge in [0.1, 0.15) is 18.2 Å². The van der Waals surface area contributed by atoms with E-state index in [0.717, 1.165) is 11.0 Å². The van der Waals surface area contributed by atoms with Gasteiger partial charge in [-0.3, -0.25) is 0 Å². The van der Waals surface area contributed by atoms with Gasteiger partial charge in [0.2, 0.25) is 5.28 Å². The molecule has 1 aromatic heterocycles. The molecule has 2 aromatic carbocycles. The van der Waals surface area contributed by atoms with E-state index in [9.17, 15) is 17.6 Å². The lowest BCUT2D eigenvalue weighted by atomic mass is 10.1. The Morgan fingerprint density at radius 2 is 1.77 bits per heavy atom. The lowest BCUT2D eigenvalue weighted by Crippen LogP contribution is -2.31. The van der Waals surface area contributed by atoms with Gasteiger partial charge in [0.15, 0.2) is 0 Å². The number of rotatable bonds is 3. The summed E-state index contributed by atoms with van der Waals surface area (Å²) in [4.78, 5) is 8.82. The predicted octanol–water partition coefficient (Wildman–Crippen LogP) is 6.08. The van der Waals surface area contributed by atoms with E-state index in [1.165, 1.54) is 30.3 Å². The summed E-state index contributed by atoms with van der Waals surface area (Å²) in [6.45, 7) is 0.212. The van der Waals surface area contributed by atoms with Crippen LogP contribution >= 0.6 is 23.2 Å². The number of aryl methyl sites for hydroxylation is 1. The zero-order chi connectivity index (χ0) is 19.1. The van der Waals surface area contributed by atoms with E-state index in [1.54, 1.807) is 6.92 Å². The molecule has 0 radical (unpaired) electrons. The second-order valence-electron chi connectivity index (χ2n) is 5.67. The molecule has 9 heteroatoms. The summed E-state index contributed by atoms with van der Waals surface area (Å²) < 4.78 is 53.4. The number of anilines is 2. The molecule has 0 N–H and O–H groups in total. The molecule has 0 amide bonds. The quantitative estimate of drug-likeness (QED) is 0.391. The minimum atomic E-state index is -4.56. The third-order valence-electron chi connectivity index (χ3n) is 3.54. The molecule has 3 aromatic rings. The molecule has 0 atom stereocenters. The normalized spacial score (nSPS) is 11.8. The first-order valence-electron chi connectivity index (χ1n) is 7.37. The molecule has 0 aliphatic heterocycles. The smallest absolute Gasteiger partial charge is 0.316 e. The molecule has 3 nitrogen and oxygen atoms in total. The molecule has 136 valence electrons. The van der Waals surface area contributed by atoms with Gasteiger partial charge in [-0.15, -0.1) is 0 Å². The molecule has 0 spiro atoms. The van der Waals surface area contributed by atoms with E-state index < -0.39 is 18.5 Å². The molecular weight excluding hydrogens is 393 g/mol. The second-order valence-corrected chi connectivity index (χ2v) is 6.44. The molecule has 3 rings (SSSR count). The van der Waals surface area contributed by atoms with Crippen molar-refractivity contribution in [3.05, 3.63) is 58.1 Å². The molecule has 0 aliphatic rings. The summed E-state index contributed by atoms with van der Waals surface area (Å²) in [5.74, 6) is -0.737. The highest BCUT2D eigenvalue weighted by Crippen LogP contribution is 2.35. The van der Waals surface area contributed by atoms with Crippen LogP contribution in [0, 0.1) is 12.7 Å². The van der Waals surface area contributed by atoms with Gasteiger partial charge < -0.3 is 4.90 Å². The number of halogens is 6. The number of benzene rings is 2. The SMILES string of the molecule is Cc1cc(F)cc(N(CC(F)(F)F)c2nc(Cl)nc3cc(Cl)ccc23)c1. The number of aromatic nitrogens is 2. The Hall–Kier alpha value is -2.12. The predicted molar refractivity (Wildman–Crippen MR) is 93.8 cm³/mol. The molecule has 0 bridgehead atoms. The zero-order valence-corrected chi connectivity index (χ0v) is 14.8. The van der Waals surface area contributed by atoms with Crippen LogP contribution in [0.2, 0.25) is 10.3 Å². The van der Waals surface area contributed by atoms with Crippen molar-refractivity contribution in [2.75, 3.05) is 11.4 Å². The van der Waals surface area contributed by atoms with Crippen molar-refractivity contribution in [2.45, 2.75) is 13.1 Å². The maximum atomic E-state index is 13.8. The van der Waals surface area contributed by atoms with Gasteiger partial charge in [0, 0.05) is 16.1 Å². The van der Waals surface area contributed by atoms with Gasteiger partial charge in [-0.1, -0.05) is 11.6 Å². The van der Waals surface area contributed by atoms with E-state index in [4.69, 9.17) is 23.2 Å². The van der Waals surface area contributed by atoms with Crippen LogP contribution in [0.25, 0.3) is 10.9 Å². The number of hydrogen-bond donors (Lipinski definition) is 0. The maximum Gasteiger partial charge on any atom is 0.406 e. The lowest BCUT2D eigenvalue weighted by Gasteiger charge is -2.26. The van der Waals surface area contributed by atoms with Crippen molar-refractivity contribution in [3.63, 3.8) is 0 Å². The van der Waals surface area contributed by atoms with Crippen molar-refractivity contribution in [3.8, 4) is 0 Å². The molecule has 0 fully saturated rings. The molecular formula is C17H11Cl2F4N3. The Bertz CT molecular complexity index is 951. The topological polar surface area (TPSA) is 29.0 Å². The van der Waals surface area contributed by atoms with Crippen LogP contribution < -0.4 is 4.90 Å². The fraction of sp³-hybridized carbons (Fsp3) is 0.176. The highest BCUT2D eigenvalue weighted by Gasteiger charge is 2.33. The Kier molecular flexibility index (Phi) is 4.94. The van der Waals surface area contributed by atoms with Crippen molar-refractivity contribution in [1.29, 1.82) is 0 Å². The monoisotopic (exact) mass is 403 g/mol. The number of alkyl halides is 3. The average Bonchev–Trinajstić information content (AvgIpc) is 2.49. The third kappa shape index (κ3) is 4.16. The van der Waals surface area contributed by atoms with Crippen LogP contribution in [0.15, 0.2) is 36.4 Å². The largest absolute Gasteiger partial charge is 0.406 e. The van der Waals surface area contributed by atoms with Gasteiger partial charge in [-0.05, 0) is 60.5 Å². The molecule has 0 saturated heterocycles. The van der Waals surface area contributed by atoms with Gasteiger partial charge in [0.05, 0.1) is 5.52 Å². The maximum absolute atomic E-state index is 13.8. The summed E-state index contributed by atoms with van der Waals surface area (Å²) in [6.07, 6.45) is -4.56. The van der Waals surface area contributed by atoms with Crippen LogP contribution in [0.1, 0.15) is 5.56 Å². The van der Waals surface area contributed by atoms with Crippen LogP contribution in [0.4, 0.5) is 29.1 Å². The number of fused-ring (bicyclic) bond motifs is 1. The van der Waals surface area contributed by atoms with E-state index in [0.29, 0.717) is 16.0 Å².